The second-order valence-electron chi connectivity index (χ2n) is 6.02. The van der Waals surface area contributed by atoms with E-state index < -0.39 is 35.9 Å². The molecular weight excluding hydrogens is 446 g/mol. The Labute approximate surface area is 170 Å². The van der Waals surface area contributed by atoms with Gasteiger partial charge in [-0.15, -0.1) is 0 Å². The summed E-state index contributed by atoms with van der Waals surface area (Å²) in [4.78, 5) is 13.7. The number of anilines is 2. The fourth-order valence-corrected chi connectivity index (χ4v) is 4.59. The summed E-state index contributed by atoms with van der Waals surface area (Å²) in [5, 5.41) is 2.04. The Hall–Kier alpha value is -2.64. The van der Waals surface area contributed by atoms with Crippen molar-refractivity contribution in [1.29, 1.82) is 0 Å². The van der Waals surface area contributed by atoms with Gasteiger partial charge in [0.15, 0.2) is 0 Å². The van der Waals surface area contributed by atoms with Crippen molar-refractivity contribution in [2.75, 3.05) is 10.2 Å². The molecule has 0 aliphatic heterocycles. The van der Waals surface area contributed by atoms with Crippen molar-refractivity contribution >= 4 is 60.1 Å². The SMILES string of the molecule is Cn1cc(NCl)cc1C(=O)Nc1ccc2c(S(=O)(=O)O)cccc2c1S(=O)(=O)O. The van der Waals surface area contributed by atoms with Crippen molar-refractivity contribution in [3.05, 3.63) is 48.3 Å². The summed E-state index contributed by atoms with van der Waals surface area (Å²) < 4.78 is 67.7. The van der Waals surface area contributed by atoms with E-state index in [0.717, 1.165) is 12.1 Å². The molecule has 0 fully saturated rings. The Kier molecular flexibility index (Phi) is 5.32. The Bertz CT molecular complexity index is 1350. The van der Waals surface area contributed by atoms with Crippen molar-refractivity contribution in [1.82, 2.24) is 4.57 Å². The number of benzene rings is 2. The predicted molar refractivity (Wildman–Crippen MR) is 106 cm³/mol. The van der Waals surface area contributed by atoms with Crippen molar-refractivity contribution in [3.63, 3.8) is 0 Å². The lowest BCUT2D eigenvalue weighted by Gasteiger charge is -2.13. The molecule has 10 nitrogen and oxygen atoms in total. The van der Waals surface area contributed by atoms with Gasteiger partial charge in [-0.3, -0.25) is 18.7 Å². The van der Waals surface area contributed by atoms with Crippen LogP contribution in [-0.4, -0.2) is 36.4 Å². The third-order valence-corrected chi connectivity index (χ3v) is 6.19. The molecule has 3 aromatic rings. The van der Waals surface area contributed by atoms with Crippen LogP contribution >= 0.6 is 11.8 Å². The number of rotatable bonds is 5. The number of hydrogen-bond acceptors (Lipinski definition) is 6. The van der Waals surface area contributed by atoms with Gasteiger partial charge in [-0.05, 0) is 18.2 Å². The number of aromatic nitrogens is 1. The quantitative estimate of drug-likeness (QED) is 0.335. The van der Waals surface area contributed by atoms with Crippen LogP contribution in [0, 0.1) is 0 Å². The molecule has 0 aliphatic carbocycles. The van der Waals surface area contributed by atoms with Gasteiger partial charge >= 0.3 is 0 Å². The summed E-state index contributed by atoms with van der Waals surface area (Å²) in [7, 11) is -7.99. The van der Waals surface area contributed by atoms with E-state index in [0.29, 0.717) is 5.69 Å². The lowest BCUT2D eigenvalue weighted by atomic mass is 10.1. The molecule has 4 N–H and O–H groups in total. The highest BCUT2D eigenvalue weighted by molar-refractivity contribution is 7.86. The monoisotopic (exact) mass is 459 g/mol. The van der Waals surface area contributed by atoms with Gasteiger partial charge in [0.05, 0.1) is 11.4 Å². The van der Waals surface area contributed by atoms with Gasteiger partial charge in [0, 0.05) is 35.8 Å². The first kappa shape index (κ1) is 21.1. The molecule has 0 saturated carbocycles. The maximum atomic E-state index is 12.6. The molecule has 29 heavy (non-hydrogen) atoms. The number of fused-ring (bicyclic) bond motifs is 1. The van der Waals surface area contributed by atoms with Crippen molar-refractivity contribution < 1.29 is 30.7 Å². The van der Waals surface area contributed by atoms with Gasteiger partial charge in [0.2, 0.25) is 0 Å². The van der Waals surface area contributed by atoms with Crippen molar-refractivity contribution in [3.8, 4) is 0 Å². The number of halogens is 1. The van der Waals surface area contributed by atoms with E-state index in [1.807, 2.05) is 0 Å². The second-order valence-corrected chi connectivity index (χ2v) is 8.95. The summed E-state index contributed by atoms with van der Waals surface area (Å²) in [6.45, 7) is 0. The molecule has 3 rings (SSSR count). The fourth-order valence-electron chi connectivity index (χ4n) is 2.93. The van der Waals surface area contributed by atoms with Gasteiger partial charge in [0.25, 0.3) is 26.1 Å². The van der Waals surface area contributed by atoms with E-state index >= 15 is 0 Å². The van der Waals surface area contributed by atoms with E-state index in [4.69, 9.17) is 11.8 Å². The van der Waals surface area contributed by atoms with Gasteiger partial charge in [-0.2, -0.15) is 16.8 Å². The summed E-state index contributed by atoms with van der Waals surface area (Å²) in [6.07, 6.45) is 1.52. The molecule has 0 radical (unpaired) electrons. The van der Waals surface area contributed by atoms with E-state index in [-0.39, 0.29) is 22.2 Å². The minimum absolute atomic E-state index is 0.126. The average Bonchev–Trinajstić information content (AvgIpc) is 3.00. The number of hydrogen-bond donors (Lipinski definition) is 4. The molecule has 1 aromatic heterocycles. The molecule has 0 atom stereocenters. The smallest absolute Gasteiger partial charge is 0.297 e. The van der Waals surface area contributed by atoms with Crippen molar-refractivity contribution in [2.24, 2.45) is 7.05 Å². The zero-order chi connectivity index (χ0) is 21.6. The molecule has 2 aromatic carbocycles. The molecule has 0 spiro atoms. The first-order valence-corrected chi connectivity index (χ1v) is 11.0. The number of nitrogens with zero attached hydrogens (tertiary/aromatic N) is 1. The van der Waals surface area contributed by atoms with Gasteiger partial charge < -0.3 is 9.88 Å². The Morgan fingerprint density at radius 2 is 1.72 bits per heavy atom. The number of amides is 1. The van der Waals surface area contributed by atoms with Crippen LogP contribution in [0.1, 0.15) is 10.5 Å². The third kappa shape index (κ3) is 4.06. The molecule has 0 aliphatic rings. The zero-order valence-corrected chi connectivity index (χ0v) is 17.0. The lowest BCUT2D eigenvalue weighted by molar-refractivity contribution is 0.101. The fraction of sp³-hybridized carbons (Fsp3) is 0.0625. The van der Waals surface area contributed by atoms with Crippen LogP contribution in [0.25, 0.3) is 10.8 Å². The normalized spacial score (nSPS) is 12.1. The minimum atomic E-state index is -4.89. The highest BCUT2D eigenvalue weighted by Gasteiger charge is 2.25. The lowest BCUT2D eigenvalue weighted by Crippen LogP contribution is -2.17. The molecule has 13 heteroatoms. The number of carbonyl (C=O) groups is 1. The Balaban J connectivity index is 2.21. The summed E-state index contributed by atoms with van der Waals surface area (Å²) in [5.41, 5.74) is 0.269. The van der Waals surface area contributed by atoms with E-state index in [1.54, 1.807) is 7.05 Å². The van der Waals surface area contributed by atoms with Crippen molar-refractivity contribution in [2.45, 2.75) is 9.79 Å². The predicted octanol–water partition coefficient (Wildman–Crippen LogP) is 2.49. The highest BCUT2D eigenvalue weighted by atomic mass is 35.5. The maximum absolute atomic E-state index is 12.6. The van der Waals surface area contributed by atoms with Crippen LogP contribution in [0.2, 0.25) is 0 Å². The largest absolute Gasteiger partial charge is 0.344 e. The molecule has 1 heterocycles. The van der Waals surface area contributed by atoms with Crippen LogP contribution in [-0.2, 0) is 27.3 Å². The highest BCUT2D eigenvalue weighted by Crippen LogP contribution is 2.34. The van der Waals surface area contributed by atoms with Crippen LogP contribution in [0.15, 0.2) is 52.4 Å². The van der Waals surface area contributed by atoms with Crippen LogP contribution in [0.5, 0.6) is 0 Å². The summed E-state index contributed by atoms with van der Waals surface area (Å²) >= 11 is 5.50. The number of nitrogens with one attached hydrogen (secondary N) is 2. The molecule has 0 saturated heterocycles. The minimum Gasteiger partial charge on any atom is -0.344 e. The average molecular weight is 460 g/mol. The zero-order valence-electron chi connectivity index (χ0n) is 14.6. The molecule has 0 unspecified atom stereocenters. The Morgan fingerprint density at radius 3 is 2.28 bits per heavy atom. The van der Waals surface area contributed by atoms with Crippen LogP contribution in [0.4, 0.5) is 11.4 Å². The Morgan fingerprint density at radius 1 is 1.03 bits per heavy atom. The molecular formula is C16H14ClN3O7S2. The van der Waals surface area contributed by atoms with E-state index in [2.05, 4.69) is 10.2 Å². The second kappa shape index (κ2) is 7.31. The van der Waals surface area contributed by atoms with E-state index in [1.165, 1.54) is 35.0 Å². The third-order valence-electron chi connectivity index (χ3n) is 4.10. The summed E-state index contributed by atoms with van der Waals surface area (Å²) in [6, 6.07) is 7.24. The van der Waals surface area contributed by atoms with Gasteiger partial charge in [-0.25, -0.2) is 0 Å². The molecule has 154 valence electrons. The number of aryl methyl sites for hydroxylation is 1. The topological polar surface area (TPSA) is 155 Å². The maximum Gasteiger partial charge on any atom is 0.297 e. The first-order chi connectivity index (χ1) is 13.4. The first-order valence-electron chi connectivity index (χ1n) is 7.78. The van der Waals surface area contributed by atoms with E-state index in [9.17, 15) is 30.7 Å². The summed E-state index contributed by atoms with van der Waals surface area (Å²) in [5.74, 6) is -0.708. The van der Waals surface area contributed by atoms with Gasteiger partial charge in [-0.1, -0.05) is 18.2 Å². The standard InChI is InChI=1S/C16H14ClN3O7S2/c1-20-8-9(19-17)7-13(20)16(21)18-12-6-5-10-11(15(12)29(25,26)27)3-2-4-14(10)28(22,23)24/h2-8,19H,1H3,(H,18,21)(H,22,23,24)(H,25,26,27). The number of carbonyl (C=O) groups excluding carboxylic acids is 1. The molecule has 1 amide bonds. The van der Waals surface area contributed by atoms with Crippen LogP contribution < -0.4 is 10.2 Å². The van der Waals surface area contributed by atoms with Gasteiger partial charge in [0.1, 0.15) is 15.5 Å². The molecule has 0 bridgehead atoms. The van der Waals surface area contributed by atoms with Crippen LogP contribution in [0.3, 0.4) is 0 Å².